The Bertz CT molecular complexity index is 347. The van der Waals surface area contributed by atoms with Crippen LogP contribution in [-0.2, 0) is 6.42 Å². The Labute approximate surface area is 97.2 Å². The average Bonchev–Trinajstić information content (AvgIpc) is 2.87. The van der Waals surface area contributed by atoms with Crippen molar-refractivity contribution in [3.63, 3.8) is 0 Å². The minimum atomic E-state index is 0.110. The highest BCUT2D eigenvalue weighted by Gasteiger charge is 2.24. The summed E-state index contributed by atoms with van der Waals surface area (Å²) in [6.45, 7) is 2.94. The highest BCUT2D eigenvalue weighted by atomic mass is 32.2. The first-order valence-electron chi connectivity index (χ1n) is 5.01. The highest BCUT2D eigenvalue weighted by molar-refractivity contribution is 7.99. The van der Waals surface area contributed by atoms with Crippen LogP contribution >= 0.6 is 23.3 Å². The van der Waals surface area contributed by atoms with Gasteiger partial charge in [0.2, 0.25) is 0 Å². The maximum absolute atomic E-state index is 12.0. The number of carbonyl (C=O) groups excluding carboxylic acids is 1. The zero-order valence-corrected chi connectivity index (χ0v) is 10.2. The van der Waals surface area contributed by atoms with Crippen molar-refractivity contribution in [2.45, 2.75) is 19.8 Å². The smallest absolute Gasteiger partial charge is 0.268 e. The summed E-state index contributed by atoms with van der Waals surface area (Å²) in [5.74, 6) is 1.96. The van der Waals surface area contributed by atoms with Crippen molar-refractivity contribution >= 4 is 29.2 Å². The van der Waals surface area contributed by atoms with Crippen LogP contribution in [-0.4, -0.2) is 38.6 Å². The molecular formula is C9H13N3OS2. The molecule has 0 radical (unpaired) electrons. The van der Waals surface area contributed by atoms with Crippen LogP contribution in [0.15, 0.2) is 0 Å². The van der Waals surface area contributed by atoms with Gasteiger partial charge in [0.05, 0.1) is 11.6 Å². The van der Waals surface area contributed by atoms with Crippen LogP contribution < -0.4 is 0 Å². The van der Waals surface area contributed by atoms with Crippen molar-refractivity contribution in [2.24, 2.45) is 0 Å². The van der Waals surface area contributed by atoms with E-state index in [2.05, 4.69) is 16.5 Å². The zero-order valence-electron chi connectivity index (χ0n) is 8.60. The van der Waals surface area contributed by atoms with Crippen LogP contribution in [0.1, 0.15) is 28.7 Å². The maximum atomic E-state index is 12.0. The van der Waals surface area contributed by atoms with Crippen molar-refractivity contribution in [2.75, 3.05) is 18.2 Å². The number of thioether (sulfide) groups is 1. The lowest BCUT2D eigenvalue weighted by Crippen LogP contribution is -2.27. The molecule has 2 heterocycles. The van der Waals surface area contributed by atoms with Gasteiger partial charge in [-0.3, -0.25) is 4.79 Å². The Morgan fingerprint density at radius 1 is 1.60 bits per heavy atom. The summed E-state index contributed by atoms with van der Waals surface area (Å²) in [7, 11) is 0. The van der Waals surface area contributed by atoms with Gasteiger partial charge in [-0.15, -0.1) is 16.9 Å². The molecule has 0 spiro atoms. The first kappa shape index (κ1) is 10.9. The molecule has 1 fully saturated rings. The zero-order chi connectivity index (χ0) is 10.7. The molecule has 0 aromatic carbocycles. The van der Waals surface area contributed by atoms with Gasteiger partial charge in [-0.1, -0.05) is 17.8 Å². The fourth-order valence-corrected chi connectivity index (χ4v) is 3.11. The summed E-state index contributed by atoms with van der Waals surface area (Å²) in [6.07, 6.45) is 1.85. The van der Waals surface area contributed by atoms with Gasteiger partial charge in [0.25, 0.3) is 5.91 Å². The minimum absolute atomic E-state index is 0.110. The second-order valence-electron chi connectivity index (χ2n) is 3.40. The monoisotopic (exact) mass is 243 g/mol. The van der Waals surface area contributed by atoms with E-state index in [0.29, 0.717) is 0 Å². The molecule has 2 rings (SSSR count). The lowest BCUT2D eigenvalue weighted by Gasteiger charge is -2.12. The fraction of sp³-hybridized carbons (Fsp3) is 0.667. The molecule has 0 unspecified atom stereocenters. The molecule has 1 aromatic rings. The molecule has 0 aliphatic carbocycles. The Balaban J connectivity index is 2.13. The largest absolute Gasteiger partial charge is 0.328 e. The first-order chi connectivity index (χ1) is 7.33. The lowest BCUT2D eigenvalue weighted by molar-refractivity contribution is 0.0806. The van der Waals surface area contributed by atoms with E-state index in [1.165, 1.54) is 11.5 Å². The maximum Gasteiger partial charge on any atom is 0.268 e. The third-order valence-corrected chi connectivity index (χ3v) is 4.00. The van der Waals surface area contributed by atoms with E-state index < -0.39 is 0 Å². The highest BCUT2D eigenvalue weighted by Crippen LogP contribution is 2.20. The van der Waals surface area contributed by atoms with Crippen LogP contribution in [0.5, 0.6) is 0 Å². The summed E-state index contributed by atoms with van der Waals surface area (Å²) < 4.78 is 3.87. The van der Waals surface area contributed by atoms with Crippen molar-refractivity contribution in [1.29, 1.82) is 0 Å². The van der Waals surface area contributed by atoms with E-state index in [4.69, 9.17) is 0 Å². The van der Waals surface area contributed by atoms with E-state index in [1.807, 2.05) is 4.90 Å². The third-order valence-electron chi connectivity index (χ3n) is 2.28. The fourth-order valence-electron chi connectivity index (χ4n) is 1.49. The normalized spacial score (nSPS) is 15.9. The Morgan fingerprint density at radius 2 is 2.47 bits per heavy atom. The van der Waals surface area contributed by atoms with E-state index in [9.17, 15) is 4.79 Å². The predicted molar refractivity (Wildman–Crippen MR) is 62.3 cm³/mol. The number of hydrogen-bond donors (Lipinski definition) is 0. The van der Waals surface area contributed by atoms with Gasteiger partial charge < -0.3 is 4.90 Å². The second kappa shape index (κ2) is 4.94. The predicted octanol–water partition coefficient (Wildman–Crippen LogP) is 1.64. The summed E-state index contributed by atoms with van der Waals surface area (Å²) >= 11 is 3.02. The van der Waals surface area contributed by atoms with Gasteiger partial charge in [0.1, 0.15) is 4.88 Å². The Morgan fingerprint density at radius 3 is 3.13 bits per heavy atom. The second-order valence-corrected chi connectivity index (χ2v) is 5.23. The molecule has 15 heavy (non-hydrogen) atoms. The average molecular weight is 243 g/mol. The van der Waals surface area contributed by atoms with Gasteiger partial charge >= 0.3 is 0 Å². The van der Waals surface area contributed by atoms with Gasteiger partial charge in [-0.2, -0.15) is 0 Å². The van der Waals surface area contributed by atoms with E-state index in [1.54, 1.807) is 11.8 Å². The number of rotatable bonds is 3. The number of nitrogens with zero attached hydrogens (tertiary/aromatic N) is 3. The van der Waals surface area contributed by atoms with Crippen molar-refractivity contribution in [3.05, 3.63) is 10.6 Å². The first-order valence-corrected chi connectivity index (χ1v) is 6.94. The van der Waals surface area contributed by atoms with Gasteiger partial charge in [0, 0.05) is 12.3 Å². The molecule has 0 atom stereocenters. The molecule has 1 amide bonds. The number of amides is 1. The molecule has 4 nitrogen and oxygen atoms in total. The molecule has 1 saturated heterocycles. The quantitative estimate of drug-likeness (QED) is 0.809. The molecular weight excluding hydrogens is 230 g/mol. The molecule has 82 valence electrons. The summed E-state index contributed by atoms with van der Waals surface area (Å²) in [5, 5.41) is 4.01. The van der Waals surface area contributed by atoms with Crippen molar-refractivity contribution in [1.82, 2.24) is 14.5 Å². The van der Waals surface area contributed by atoms with E-state index >= 15 is 0 Å². The van der Waals surface area contributed by atoms with Crippen molar-refractivity contribution < 1.29 is 4.79 Å². The van der Waals surface area contributed by atoms with Gasteiger partial charge in [-0.05, 0) is 18.0 Å². The third kappa shape index (κ3) is 2.31. The molecule has 1 aromatic heterocycles. The minimum Gasteiger partial charge on any atom is -0.328 e. The summed E-state index contributed by atoms with van der Waals surface area (Å²) in [6, 6.07) is 0. The number of aryl methyl sites for hydroxylation is 1. The molecule has 0 bridgehead atoms. The number of hydrogen-bond acceptors (Lipinski definition) is 5. The van der Waals surface area contributed by atoms with Gasteiger partial charge in [-0.25, -0.2) is 0 Å². The lowest BCUT2D eigenvalue weighted by atomic mass is 10.2. The number of aromatic nitrogens is 2. The Hall–Kier alpha value is -0.620. The van der Waals surface area contributed by atoms with Crippen LogP contribution in [0.3, 0.4) is 0 Å². The van der Waals surface area contributed by atoms with Crippen LogP contribution in [0.4, 0.5) is 0 Å². The molecule has 0 saturated carbocycles. The van der Waals surface area contributed by atoms with Crippen LogP contribution in [0.2, 0.25) is 0 Å². The Kier molecular flexibility index (Phi) is 3.58. The molecule has 1 aliphatic rings. The van der Waals surface area contributed by atoms with Crippen molar-refractivity contribution in [3.8, 4) is 0 Å². The molecule has 6 heteroatoms. The van der Waals surface area contributed by atoms with E-state index in [0.717, 1.165) is 41.6 Å². The molecule has 0 N–H and O–H groups in total. The SMILES string of the molecule is CCCc1nnsc1C(=O)N1CCSC1. The topological polar surface area (TPSA) is 46.1 Å². The molecule has 1 aliphatic heterocycles. The summed E-state index contributed by atoms with van der Waals surface area (Å²) in [5.41, 5.74) is 0.865. The van der Waals surface area contributed by atoms with Crippen LogP contribution in [0.25, 0.3) is 0 Å². The number of carbonyl (C=O) groups is 1. The summed E-state index contributed by atoms with van der Waals surface area (Å²) in [4.78, 5) is 14.7. The van der Waals surface area contributed by atoms with E-state index in [-0.39, 0.29) is 5.91 Å². The van der Waals surface area contributed by atoms with Gasteiger partial charge in [0.15, 0.2) is 0 Å². The van der Waals surface area contributed by atoms with Crippen LogP contribution in [0, 0.1) is 0 Å². The standard InChI is InChI=1S/C9H13N3OS2/c1-2-3-7-8(15-11-10-7)9(13)12-4-5-14-6-12/h2-6H2,1H3.